The first-order valence-corrected chi connectivity index (χ1v) is 10.2. The fourth-order valence-electron chi connectivity index (χ4n) is 2.93. The Balaban J connectivity index is 2.10. The summed E-state index contributed by atoms with van der Waals surface area (Å²) < 4.78 is 77.1. The van der Waals surface area contributed by atoms with E-state index in [4.69, 9.17) is 5.73 Å². The van der Waals surface area contributed by atoms with E-state index in [-0.39, 0.29) is 5.92 Å². The summed E-state index contributed by atoms with van der Waals surface area (Å²) in [5.41, 5.74) is 5.91. The first kappa shape index (κ1) is 22.5. The largest absolute Gasteiger partial charge is 0.404 e. The van der Waals surface area contributed by atoms with Crippen LogP contribution in [0, 0.1) is 11.7 Å². The number of nitrogens with one attached hydrogen (secondary N) is 2. The van der Waals surface area contributed by atoms with Crippen LogP contribution in [0.5, 0.6) is 0 Å². The smallest absolute Gasteiger partial charge is 0.320 e. The molecule has 1 aliphatic carbocycles. The van der Waals surface area contributed by atoms with Gasteiger partial charge in [-0.15, -0.1) is 0 Å². The average Bonchev–Trinajstić information content (AvgIpc) is 2.62. The van der Waals surface area contributed by atoms with Gasteiger partial charge in [-0.3, -0.25) is 4.79 Å². The predicted octanol–water partition coefficient (Wildman–Crippen LogP) is 2.30. The Morgan fingerprint density at radius 3 is 2.43 bits per heavy atom. The van der Waals surface area contributed by atoms with Gasteiger partial charge in [0.05, 0.1) is 6.04 Å². The van der Waals surface area contributed by atoms with Gasteiger partial charge in [-0.1, -0.05) is 19.3 Å². The van der Waals surface area contributed by atoms with Gasteiger partial charge in [0.2, 0.25) is 15.9 Å². The quantitative estimate of drug-likeness (QED) is 0.604. The van der Waals surface area contributed by atoms with Crippen molar-refractivity contribution in [2.45, 2.75) is 62.2 Å². The first-order chi connectivity index (χ1) is 12.9. The molecule has 28 heavy (non-hydrogen) atoms. The molecule has 7 nitrogen and oxygen atoms in total. The summed E-state index contributed by atoms with van der Waals surface area (Å²) in [4.78, 5) is 14.9. The summed E-state index contributed by atoms with van der Waals surface area (Å²) in [6.07, 6.45) is 0.397. The van der Waals surface area contributed by atoms with Crippen LogP contribution in [0.3, 0.4) is 0 Å². The molecular formula is C16H22F4N4O3S. The van der Waals surface area contributed by atoms with Crippen molar-refractivity contribution in [1.82, 2.24) is 9.71 Å². The summed E-state index contributed by atoms with van der Waals surface area (Å²) in [5, 5.41) is 2.21. The Labute approximate surface area is 160 Å². The molecular weight excluding hydrogens is 404 g/mol. The highest BCUT2D eigenvalue weighted by atomic mass is 32.2. The Morgan fingerprint density at radius 2 is 1.89 bits per heavy atom. The lowest BCUT2D eigenvalue weighted by Gasteiger charge is -2.26. The SMILES string of the molecule is C[C@H](NS(=O)(=O)c1cnc(NC(=O)[C@@H](N)C2CCCCC2)c(F)c1)C(F)(F)F. The fourth-order valence-corrected chi connectivity index (χ4v) is 4.12. The number of nitrogens with zero attached hydrogens (tertiary/aromatic N) is 1. The van der Waals surface area contributed by atoms with Crippen molar-refractivity contribution in [3.63, 3.8) is 0 Å². The second kappa shape index (κ2) is 8.70. The zero-order valence-corrected chi connectivity index (χ0v) is 15.9. The molecule has 1 heterocycles. The minimum Gasteiger partial charge on any atom is -0.320 e. The Morgan fingerprint density at radius 1 is 1.29 bits per heavy atom. The Bertz CT molecular complexity index is 811. The average molecular weight is 426 g/mol. The molecule has 0 bridgehead atoms. The molecule has 1 saturated carbocycles. The second-order valence-corrected chi connectivity index (χ2v) is 8.51. The van der Waals surface area contributed by atoms with Crippen LogP contribution in [0.2, 0.25) is 0 Å². The van der Waals surface area contributed by atoms with Crippen LogP contribution in [0.4, 0.5) is 23.4 Å². The lowest BCUT2D eigenvalue weighted by atomic mass is 9.84. The number of pyridine rings is 1. The number of amides is 1. The van der Waals surface area contributed by atoms with Gasteiger partial charge >= 0.3 is 6.18 Å². The van der Waals surface area contributed by atoms with Crippen LogP contribution in [-0.2, 0) is 14.8 Å². The standard InChI is InChI=1S/C16H22F4N4O3S/c1-9(16(18,19)20)24-28(26,27)11-7-12(17)14(22-8-11)23-15(25)13(21)10-5-3-2-4-6-10/h7-10,13,24H,2-6,21H2,1H3,(H,22,23,25)/t9-,13-/m0/s1. The number of halogens is 4. The molecule has 0 radical (unpaired) electrons. The molecule has 0 aromatic carbocycles. The molecule has 158 valence electrons. The van der Waals surface area contributed by atoms with E-state index in [0.29, 0.717) is 19.2 Å². The zero-order chi connectivity index (χ0) is 21.1. The highest BCUT2D eigenvalue weighted by molar-refractivity contribution is 7.89. The molecule has 2 atom stereocenters. The molecule has 0 saturated heterocycles. The maximum Gasteiger partial charge on any atom is 0.404 e. The lowest BCUT2D eigenvalue weighted by Crippen LogP contribution is -2.43. The van der Waals surface area contributed by atoms with Crippen LogP contribution >= 0.6 is 0 Å². The van der Waals surface area contributed by atoms with Crippen LogP contribution in [0.25, 0.3) is 0 Å². The van der Waals surface area contributed by atoms with Gasteiger partial charge in [-0.25, -0.2) is 17.8 Å². The third-order valence-corrected chi connectivity index (χ3v) is 6.16. The number of sulfonamides is 1. The van der Waals surface area contributed by atoms with Crippen molar-refractivity contribution in [3.05, 3.63) is 18.1 Å². The molecule has 0 spiro atoms. The van der Waals surface area contributed by atoms with Crippen molar-refractivity contribution in [2.75, 3.05) is 5.32 Å². The first-order valence-electron chi connectivity index (χ1n) is 8.73. The van der Waals surface area contributed by atoms with Gasteiger partial charge < -0.3 is 11.1 Å². The zero-order valence-electron chi connectivity index (χ0n) is 15.1. The fraction of sp³-hybridized carbons (Fsp3) is 0.625. The molecule has 12 heteroatoms. The third-order valence-electron chi connectivity index (χ3n) is 4.65. The minimum absolute atomic E-state index is 0.0375. The van der Waals surface area contributed by atoms with E-state index in [1.165, 1.54) is 4.72 Å². The van der Waals surface area contributed by atoms with Gasteiger partial charge in [-0.05, 0) is 31.7 Å². The minimum atomic E-state index is -4.80. The number of anilines is 1. The van der Waals surface area contributed by atoms with Gasteiger partial charge in [-0.2, -0.15) is 17.9 Å². The monoisotopic (exact) mass is 426 g/mol. The highest BCUT2D eigenvalue weighted by Gasteiger charge is 2.39. The highest BCUT2D eigenvalue weighted by Crippen LogP contribution is 2.27. The van der Waals surface area contributed by atoms with E-state index in [0.717, 1.165) is 32.1 Å². The maximum atomic E-state index is 14.2. The molecule has 0 unspecified atom stereocenters. The van der Waals surface area contributed by atoms with Gasteiger partial charge in [0.25, 0.3) is 0 Å². The third kappa shape index (κ3) is 5.61. The van der Waals surface area contributed by atoms with E-state index < -0.39 is 50.7 Å². The number of nitrogens with two attached hydrogens (primary N) is 1. The molecule has 1 aromatic heterocycles. The van der Waals surface area contributed by atoms with Gasteiger partial charge in [0, 0.05) is 6.20 Å². The predicted molar refractivity (Wildman–Crippen MR) is 93.2 cm³/mol. The molecule has 4 N–H and O–H groups in total. The molecule has 1 fully saturated rings. The van der Waals surface area contributed by atoms with E-state index in [1.54, 1.807) is 0 Å². The van der Waals surface area contributed by atoms with Crippen LogP contribution in [0.1, 0.15) is 39.0 Å². The number of alkyl halides is 3. The van der Waals surface area contributed by atoms with Gasteiger partial charge in [0.1, 0.15) is 10.9 Å². The molecule has 2 rings (SSSR count). The maximum absolute atomic E-state index is 14.2. The Kier molecular flexibility index (Phi) is 6.99. The number of rotatable bonds is 6. The van der Waals surface area contributed by atoms with E-state index >= 15 is 0 Å². The number of carbonyl (C=O) groups excluding carboxylic acids is 1. The van der Waals surface area contributed by atoms with Crippen LogP contribution in [-0.4, -0.2) is 37.6 Å². The summed E-state index contributed by atoms with van der Waals surface area (Å²) in [6, 6.07) is -2.74. The number of hydrogen-bond donors (Lipinski definition) is 3. The Hall–Kier alpha value is -1.79. The summed E-state index contributed by atoms with van der Waals surface area (Å²) in [5.74, 6) is -2.44. The number of hydrogen-bond acceptors (Lipinski definition) is 5. The van der Waals surface area contributed by atoms with Crippen molar-refractivity contribution < 1.29 is 30.8 Å². The van der Waals surface area contributed by atoms with Gasteiger partial charge in [0.15, 0.2) is 11.6 Å². The van der Waals surface area contributed by atoms with Crippen molar-refractivity contribution in [1.29, 1.82) is 0 Å². The molecule has 1 aliphatic rings. The normalized spacial score (nSPS) is 18.5. The number of carbonyl (C=O) groups is 1. The van der Waals surface area contributed by atoms with E-state index in [9.17, 15) is 30.8 Å². The summed E-state index contributed by atoms with van der Waals surface area (Å²) in [7, 11) is -4.65. The topological polar surface area (TPSA) is 114 Å². The van der Waals surface area contributed by atoms with Crippen molar-refractivity contribution >= 4 is 21.7 Å². The van der Waals surface area contributed by atoms with Crippen molar-refractivity contribution in [2.24, 2.45) is 11.7 Å². The van der Waals surface area contributed by atoms with Crippen molar-refractivity contribution in [3.8, 4) is 0 Å². The molecule has 1 aromatic rings. The van der Waals surface area contributed by atoms with Crippen LogP contribution in [0.15, 0.2) is 17.2 Å². The van der Waals surface area contributed by atoms with E-state index in [1.807, 2.05) is 0 Å². The summed E-state index contributed by atoms with van der Waals surface area (Å²) >= 11 is 0. The lowest BCUT2D eigenvalue weighted by molar-refractivity contribution is -0.147. The molecule has 1 amide bonds. The second-order valence-electron chi connectivity index (χ2n) is 6.80. The van der Waals surface area contributed by atoms with E-state index in [2.05, 4.69) is 10.3 Å². The number of aromatic nitrogens is 1. The van der Waals surface area contributed by atoms with Crippen LogP contribution < -0.4 is 15.8 Å². The molecule has 0 aliphatic heterocycles. The summed E-state index contributed by atoms with van der Waals surface area (Å²) in [6.45, 7) is 0.614.